The second-order valence-electron chi connectivity index (χ2n) is 5.18. The molecule has 0 spiro atoms. The Morgan fingerprint density at radius 1 is 1.16 bits per heavy atom. The number of carbonyl (C=O) groups is 1. The van der Waals surface area contributed by atoms with E-state index in [2.05, 4.69) is 5.32 Å². The number of nitrogens with one attached hydrogen (secondary N) is 1. The van der Waals surface area contributed by atoms with Crippen LogP contribution in [0.15, 0.2) is 48.5 Å². The van der Waals surface area contributed by atoms with Gasteiger partial charge in [-0.1, -0.05) is 6.07 Å². The van der Waals surface area contributed by atoms with Gasteiger partial charge in [-0.15, -0.1) is 12.4 Å². The van der Waals surface area contributed by atoms with E-state index >= 15 is 0 Å². The van der Waals surface area contributed by atoms with Gasteiger partial charge in [0.15, 0.2) is 0 Å². The normalized spacial score (nSPS) is 11.2. The third kappa shape index (κ3) is 6.86. The van der Waals surface area contributed by atoms with Crippen molar-refractivity contribution in [2.24, 2.45) is 5.73 Å². The molecule has 1 atom stereocenters. The van der Waals surface area contributed by atoms with Crippen molar-refractivity contribution in [3.63, 3.8) is 0 Å². The molecule has 0 aliphatic carbocycles. The minimum absolute atomic E-state index is 0. The van der Waals surface area contributed by atoms with Crippen molar-refractivity contribution in [2.75, 3.05) is 24.4 Å². The van der Waals surface area contributed by atoms with Crippen molar-refractivity contribution in [1.82, 2.24) is 0 Å². The number of anilines is 1. The topological polar surface area (TPSA) is 73.6 Å². The second kappa shape index (κ2) is 10.9. The minimum atomic E-state index is -0.495. The molecule has 0 fully saturated rings. The fourth-order valence-electron chi connectivity index (χ4n) is 2.02. The number of rotatable bonds is 8. The van der Waals surface area contributed by atoms with Crippen LogP contribution >= 0.6 is 24.2 Å². The summed E-state index contributed by atoms with van der Waals surface area (Å²) in [5.41, 5.74) is 6.54. The van der Waals surface area contributed by atoms with Gasteiger partial charge in [0.05, 0.1) is 13.2 Å². The van der Waals surface area contributed by atoms with Crippen LogP contribution in [0.2, 0.25) is 0 Å². The van der Waals surface area contributed by atoms with Crippen LogP contribution in [0, 0.1) is 0 Å². The molecule has 2 aromatic rings. The van der Waals surface area contributed by atoms with Gasteiger partial charge in [-0.3, -0.25) is 4.79 Å². The molecule has 0 unspecified atom stereocenters. The molecule has 0 aliphatic heterocycles. The number of amides is 1. The van der Waals surface area contributed by atoms with Gasteiger partial charge in [0.25, 0.3) is 0 Å². The predicted octanol–water partition coefficient (Wildman–Crippen LogP) is 3.93. The van der Waals surface area contributed by atoms with E-state index in [1.807, 2.05) is 24.5 Å². The zero-order chi connectivity index (χ0) is 17.4. The number of nitrogens with two attached hydrogens (primary N) is 1. The number of hydrogen-bond acceptors (Lipinski definition) is 5. The van der Waals surface area contributed by atoms with Crippen LogP contribution < -0.4 is 20.5 Å². The van der Waals surface area contributed by atoms with E-state index in [1.54, 1.807) is 49.2 Å². The monoisotopic (exact) mass is 382 g/mol. The van der Waals surface area contributed by atoms with E-state index in [-0.39, 0.29) is 18.3 Å². The van der Waals surface area contributed by atoms with Crippen LogP contribution in [-0.2, 0) is 4.79 Å². The standard InChI is InChI=1S/C18H22N2O3S.ClH/c1-22-15-4-3-5-16(12-15)23-14-8-6-13(7-9-14)20-18(21)17(19)10-11-24-2;/h3-9,12,17H,10-11,19H2,1-2H3,(H,20,21);1H/t17-;/m0./s1. The lowest BCUT2D eigenvalue weighted by molar-refractivity contribution is -0.117. The molecule has 25 heavy (non-hydrogen) atoms. The summed E-state index contributed by atoms with van der Waals surface area (Å²) >= 11 is 1.67. The fourth-order valence-corrected chi connectivity index (χ4v) is 2.51. The minimum Gasteiger partial charge on any atom is -0.497 e. The molecule has 3 N–H and O–H groups in total. The first kappa shape index (κ1) is 21.2. The van der Waals surface area contributed by atoms with Crippen LogP contribution in [0.5, 0.6) is 17.2 Å². The summed E-state index contributed by atoms with van der Waals surface area (Å²) in [4.78, 5) is 12.0. The summed E-state index contributed by atoms with van der Waals surface area (Å²) in [6.07, 6.45) is 2.65. The maximum absolute atomic E-state index is 12.0. The largest absolute Gasteiger partial charge is 0.497 e. The van der Waals surface area contributed by atoms with E-state index < -0.39 is 6.04 Å². The molecular formula is C18H23ClN2O3S. The number of ether oxygens (including phenoxy) is 2. The number of hydrogen-bond donors (Lipinski definition) is 2. The molecule has 5 nitrogen and oxygen atoms in total. The first-order chi connectivity index (χ1) is 11.6. The Kier molecular flexibility index (Phi) is 9.20. The Morgan fingerprint density at radius 3 is 2.48 bits per heavy atom. The predicted molar refractivity (Wildman–Crippen MR) is 106 cm³/mol. The highest BCUT2D eigenvalue weighted by molar-refractivity contribution is 7.98. The smallest absolute Gasteiger partial charge is 0.241 e. The fraction of sp³-hybridized carbons (Fsp3) is 0.278. The Hall–Kier alpha value is -1.89. The Labute approximate surface area is 158 Å². The maximum Gasteiger partial charge on any atom is 0.241 e. The van der Waals surface area contributed by atoms with Crippen molar-refractivity contribution in [1.29, 1.82) is 0 Å². The van der Waals surface area contributed by atoms with Crippen molar-refractivity contribution >= 4 is 35.8 Å². The van der Waals surface area contributed by atoms with E-state index in [9.17, 15) is 4.79 Å². The van der Waals surface area contributed by atoms with E-state index in [4.69, 9.17) is 15.2 Å². The molecule has 0 saturated heterocycles. The number of methoxy groups -OCH3 is 1. The highest BCUT2D eigenvalue weighted by atomic mass is 35.5. The summed E-state index contributed by atoms with van der Waals surface area (Å²) in [6.45, 7) is 0. The average Bonchev–Trinajstić information content (AvgIpc) is 2.61. The summed E-state index contributed by atoms with van der Waals surface area (Å²) < 4.78 is 10.9. The van der Waals surface area contributed by atoms with Crippen molar-refractivity contribution in [2.45, 2.75) is 12.5 Å². The number of halogens is 1. The van der Waals surface area contributed by atoms with Crippen LogP contribution in [0.25, 0.3) is 0 Å². The second-order valence-corrected chi connectivity index (χ2v) is 6.17. The third-order valence-corrected chi connectivity index (χ3v) is 4.01. The van der Waals surface area contributed by atoms with Crippen molar-refractivity contribution in [3.8, 4) is 17.2 Å². The molecule has 0 heterocycles. The van der Waals surface area contributed by atoms with Gasteiger partial charge in [-0.25, -0.2) is 0 Å². The first-order valence-electron chi connectivity index (χ1n) is 7.59. The van der Waals surface area contributed by atoms with Gasteiger partial charge in [0.1, 0.15) is 17.2 Å². The van der Waals surface area contributed by atoms with Gasteiger partial charge >= 0.3 is 0 Å². The average molecular weight is 383 g/mol. The van der Waals surface area contributed by atoms with Crippen LogP contribution in [0.4, 0.5) is 5.69 Å². The summed E-state index contributed by atoms with van der Waals surface area (Å²) in [5.74, 6) is 2.78. The zero-order valence-corrected chi connectivity index (χ0v) is 15.9. The van der Waals surface area contributed by atoms with Gasteiger partial charge in [0, 0.05) is 11.8 Å². The lowest BCUT2D eigenvalue weighted by Crippen LogP contribution is -2.36. The lowest BCUT2D eigenvalue weighted by atomic mass is 10.2. The number of thioether (sulfide) groups is 1. The van der Waals surface area contributed by atoms with Gasteiger partial charge in [-0.2, -0.15) is 11.8 Å². The zero-order valence-electron chi connectivity index (χ0n) is 14.2. The van der Waals surface area contributed by atoms with E-state index in [0.717, 1.165) is 11.5 Å². The van der Waals surface area contributed by atoms with Crippen LogP contribution in [0.1, 0.15) is 6.42 Å². The molecule has 2 aromatic carbocycles. The summed E-state index contributed by atoms with van der Waals surface area (Å²) in [6, 6.07) is 14.0. The third-order valence-electron chi connectivity index (χ3n) is 3.37. The number of benzene rings is 2. The van der Waals surface area contributed by atoms with Gasteiger partial charge in [0.2, 0.25) is 5.91 Å². The summed E-state index contributed by atoms with van der Waals surface area (Å²) in [5, 5.41) is 2.81. The molecule has 0 aromatic heterocycles. The maximum atomic E-state index is 12.0. The number of carbonyl (C=O) groups excluding carboxylic acids is 1. The Morgan fingerprint density at radius 2 is 1.84 bits per heavy atom. The molecular weight excluding hydrogens is 360 g/mol. The highest BCUT2D eigenvalue weighted by Gasteiger charge is 2.12. The van der Waals surface area contributed by atoms with Gasteiger partial charge in [-0.05, 0) is 54.8 Å². The molecule has 0 aliphatic rings. The molecule has 136 valence electrons. The van der Waals surface area contributed by atoms with Gasteiger partial charge < -0.3 is 20.5 Å². The Bertz CT molecular complexity index is 668. The SMILES string of the molecule is COc1cccc(Oc2ccc(NC(=O)[C@@H](N)CCSC)cc2)c1.Cl. The van der Waals surface area contributed by atoms with E-state index in [0.29, 0.717) is 23.6 Å². The molecule has 2 rings (SSSR count). The molecule has 1 amide bonds. The molecule has 0 bridgehead atoms. The molecule has 0 saturated carbocycles. The quantitative estimate of drug-likeness (QED) is 0.723. The van der Waals surface area contributed by atoms with Crippen molar-refractivity contribution in [3.05, 3.63) is 48.5 Å². The molecule has 0 radical (unpaired) electrons. The van der Waals surface area contributed by atoms with Crippen molar-refractivity contribution < 1.29 is 14.3 Å². The Balaban J connectivity index is 0.00000312. The first-order valence-corrected chi connectivity index (χ1v) is 8.99. The lowest BCUT2D eigenvalue weighted by Gasteiger charge is -2.12. The van der Waals surface area contributed by atoms with Crippen LogP contribution in [0.3, 0.4) is 0 Å². The highest BCUT2D eigenvalue weighted by Crippen LogP contribution is 2.26. The summed E-state index contributed by atoms with van der Waals surface area (Å²) in [7, 11) is 1.61. The van der Waals surface area contributed by atoms with Crippen LogP contribution in [-0.4, -0.2) is 31.1 Å². The molecule has 7 heteroatoms. The van der Waals surface area contributed by atoms with E-state index in [1.165, 1.54) is 0 Å².